The van der Waals surface area contributed by atoms with E-state index in [9.17, 15) is 10.1 Å². The van der Waals surface area contributed by atoms with E-state index in [-0.39, 0.29) is 11.2 Å². The summed E-state index contributed by atoms with van der Waals surface area (Å²) in [4.78, 5) is 18.4. The molecule has 1 heterocycles. The van der Waals surface area contributed by atoms with E-state index >= 15 is 0 Å². The fourth-order valence-corrected chi connectivity index (χ4v) is 5.53. The maximum Gasteiger partial charge on any atom is 0.193 e. The van der Waals surface area contributed by atoms with Crippen molar-refractivity contribution in [2.24, 2.45) is 0 Å². The molecule has 1 fully saturated rings. The van der Waals surface area contributed by atoms with E-state index in [1.807, 2.05) is 30.3 Å². The molecule has 2 aliphatic carbocycles. The number of fused-ring (bicyclic) bond motifs is 3. The Kier molecular flexibility index (Phi) is 5.60. The molecule has 1 aliphatic heterocycles. The van der Waals surface area contributed by atoms with Gasteiger partial charge in [0.05, 0.1) is 11.6 Å². The summed E-state index contributed by atoms with van der Waals surface area (Å²) >= 11 is 0. The molecule has 0 spiro atoms. The van der Waals surface area contributed by atoms with Gasteiger partial charge in [0.15, 0.2) is 5.78 Å². The number of allylic oxidation sites excluding steroid dienone is 2. The van der Waals surface area contributed by atoms with Crippen LogP contribution in [-0.2, 0) is 11.8 Å². The number of carbonyl (C=O) groups excluding carboxylic acids is 1. The van der Waals surface area contributed by atoms with Crippen molar-refractivity contribution in [3.05, 3.63) is 69.8 Å². The molecule has 0 aromatic heterocycles. The number of Topliss-reactive ketones (excluding diaryl/α,β-unsaturated/α-hetero) is 1. The normalized spacial score (nSPS) is 19.6. The Morgan fingerprint density at radius 1 is 1.03 bits per heavy atom. The van der Waals surface area contributed by atoms with E-state index < -0.39 is 0 Å². The highest BCUT2D eigenvalue weighted by atomic mass is 16.5. The molecule has 3 aliphatic rings. The van der Waals surface area contributed by atoms with Gasteiger partial charge in [0.2, 0.25) is 0 Å². The number of carbonyl (C=O) groups is 1. The van der Waals surface area contributed by atoms with Gasteiger partial charge in [-0.15, -0.1) is 0 Å². The topological polar surface area (TPSA) is 56.6 Å². The van der Waals surface area contributed by atoms with Gasteiger partial charge in [-0.25, -0.2) is 0 Å². The van der Waals surface area contributed by atoms with Crippen LogP contribution in [0.25, 0.3) is 5.57 Å². The first-order valence-electron chi connectivity index (χ1n) is 12.0. The van der Waals surface area contributed by atoms with Gasteiger partial charge in [0, 0.05) is 49.3 Å². The first-order chi connectivity index (χ1) is 15.9. The maximum atomic E-state index is 13.5. The summed E-state index contributed by atoms with van der Waals surface area (Å²) in [7, 11) is 0. The minimum Gasteiger partial charge on any atom is -0.492 e. The lowest BCUT2D eigenvalue weighted by Crippen LogP contribution is -2.47. The van der Waals surface area contributed by atoms with Crippen molar-refractivity contribution >= 4 is 11.4 Å². The lowest BCUT2D eigenvalue weighted by atomic mass is 9.68. The summed E-state index contributed by atoms with van der Waals surface area (Å²) < 4.78 is 6.14. The Bertz CT molecular complexity index is 1180. The molecule has 2 aromatic rings. The van der Waals surface area contributed by atoms with E-state index in [4.69, 9.17) is 4.74 Å². The Morgan fingerprint density at radius 3 is 2.48 bits per heavy atom. The monoisotopic (exact) mass is 441 g/mol. The molecule has 33 heavy (non-hydrogen) atoms. The van der Waals surface area contributed by atoms with Crippen LogP contribution in [0, 0.1) is 11.3 Å². The molecule has 0 N–H and O–H groups in total. The summed E-state index contributed by atoms with van der Waals surface area (Å²) in [5.74, 6) is 0.913. The van der Waals surface area contributed by atoms with Gasteiger partial charge < -0.3 is 9.64 Å². The molecule has 5 rings (SSSR count). The van der Waals surface area contributed by atoms with Crippen molar-refractivity contribution in [1.82, 2.24) is 9.80 Å². The molecular weight excluding hydrogens is 410 g/mol. The third kappa shape index (κ3) is 3.78. The van der Waals surface area contributed by atoms with Gasteiger partial charge in [-0.2, -0.15) is 5.26 Å². The zero-order valence-electron chi connectivity index (χ0n) is 19.8. The number of nitriles is 1. The van der Waals surface area contributed by atoms with Gasteiger partial charge in [0.1, 0.15) is 12.4 Å². The molecule has 2 aromatic carbocycles. The van der Waals surface area contributed by atoms with Crippen molar-refractivity contribution < 1.29 is 9.53 Å². The minimum atomic E-state index is -0.278. The Balaban J connectivity index is 1.34. The Morgan fingerprint density at radius 2 is 1.76 bits per heavy atom. The maximum absolute atomic E-state index is 13.5. The van der Waals surface area contributed by atoms with Gasteiger partial charge in [-0.3, -0.25) is 9.69 Å². The first kappa shape index (κ1) is 21.9. The molecule has 1 saturated heterocycles. The molecule has 0 radical (unpaired) electrons. The van der Waals surface area contributed by atoms with Crippen LogP contribution < -0.4 is 4.74 Å². The fraction of sp³-hybridized carbons (Fsp3) is 0.429. The van der Waals surface area contributed by atoms with Crippen molar-refractivity contribution in [2.75, 3.05) is 45.9 Å². The average molecular weight is 442 g/mol. The molecule has 5 nitrogen and oxygen atoms in total. The average Bonchev–Trinajstić information content (AvgIpc) is 3.23. The molecule has 0 atom stereocenters. The number of hydrogen-bond donors (Lipinski definition) is 0. The van der Waals surface area contributed by atoms with Crippen LogP contribution in [0.1, 0.15) is 53.4 Å². The predicted octanol–water partition coefficient (Wildman–Crippen LogP) is 4.06. The predicted molar refractivity (Wildman–Crippen MR) is 130 cm³/mol. The fourth-order valence-electron chi connectivity index (χ4n) is 5.53. The number of piperazine rings is 1. The summed E-state index contributed by atoms with van der Waals surface area (Å²) in [6, 6.07) is 13.8. The Labute approximate surface area is 196 Å². The van der Waals surface area contributed by atoms with E-state index in [2.05, 4.69) is 42.7 Å². The number of benzene rings is 2. The third-order valence-corrected chi connectivity index (χ3v) is 7.65. The van der Waals surface area contributed by atoms with E-state index in [1.54, 1.807) is 0 Å². The molecule has 0 bridgehead atoms. The highest BCUT2D eigenvalue weighted by Gasteiger charge is 2.42. The zero-order valence-corrected chi connectivity index (χ0v) is 19.8. The van der Waals surface area contributed by atoms with E-state index in [0.29, 0.717) is 18.6 Å². The molecule has 170 valence electrons. The van der Waals surface area contributed by atoms with Crippen molar-refractivity contribution in [2.45, 2.75) is 32.6 Å². The van der Waals surface area contributed by atoms with Crippen molar-refractivity contribution in [3.63, 3.8) is 0 Å². The molecule has 0 amide bonds. The molecule has 0 unspecified atom stereocenters. The highest BCUT2D eigenvalue weighted by Crippen LogP contribution is 2.50. The largest absolute Gasteiger partial charge is 0.492 e. The number of ether oxygens (including phenoxy) is 1. The van der Waals surface area contributed by atoms with Gasteiger partial charge in [0.25, 0.3) is 0 Å². The summed E-state index contributed by atoms with van der Waals surface area (Å²) in [6.45, 7) is 13.7. The second kappa shape index (κ2) is 8.44. The molecule has 5 heteroatoms. The third-order valence-electron chi connectivity index (χ3n) is 7.65. The number of hydrogen-bond acceptors (Lipinski definition) is 5. The smallest absolute Gasteiger partial charge is 0.193 e. The van der Waals surface area contributed by atoms with Crippen molar-refractivity contribution in [3.8, 4) is 11.8 Å². The van der Waals surface area contributed by atoms with Crippen LogP contribution in [0.15, 0.2) is 42.0 Å². The van der Waals surface area contributed by atoms with Crippen molar-refractivity contribution in [1.29, 1.82) is 5.26 Å². The quantitative estimate of drug-likeness (QED) is 0.700. The van der Waals surface area contributed by atoms with Crippen LogP contribution in [0.2, 0.25) is 0 Å². The standard InChI is InChI=1S/C28H31N3O2/c1-4-30-9-11-31(12-10-30)13-14-33-21-6-8-23-24(17-21)28(2,3)25-16-20-15-19(18-29)5-7-22(20)26(25)27(23)32/h5-8,15,17H,4,9-14,16H2,1-3H3. The number of rotatable bonds is 5. The van der Waals surface area contributed by atoms with Crippen LogP contribution in [-0.4, -0.2) is 61.5 Å². The van der Waals surface area contributed by atoms with E-state index in [1.165, 1.54) is 0 Å². The minimum absolute atomic E-state index is 0.0862. The SMILES string of the molecule is CCN1CCN(CCOc2ccc3c(c2)C(C)(C)C2=C(C3=O)c3ccc(C#N)cc3C2)CC1. The summed E-state index contributed by atoms with van der Waals surface area (Å²) in [5.41, 5.74) is 6.20. The molecule has 0 saturated carbocycles. The molecular formula is C28H31N3O2. The lowest BCUT2D eigenvalue weighted by molar-refractivity contribution is 0.105. The van der Waals surface area contributed by atoms with Gasteiger partial charge >= 0.3 is 0 Å². The number of nitrogens with zero attached hydrogens (tertiary/aromatic N) is 3. The first-order valence-corrected chi connectivity index (χ1v) is 12.0. The van der Waals surface area contributed by atoms with Crippen LogP contribution in [0.4, 0.5) is 0 Å². The van der Waals surface area contributed by atoms with Gasteiger partial charge in [-0.1, -0.05) is 26.8 Å². The summed E-state index contributed by atoms with van der Waals surface area (Å²) in [5, 5.41) is 9.28. The highest BCUT2D eigenvalue weighted by molar-refractivity contribution is 6.33. The number of ketones is 1. The van der Waals surface area contributed by atoms with Crippen LogP contribution in [0.3, 0.4) is 0 Å². The zero-order chi connectivity index (χ0) is 23.2. The second-order valence-electron chi connectivity index (χ2n) is 9.80. The van der Waals surface area contributed by atoms with Crippen LogP contribution >= 0.6 is 0 Å². The second-order valence-corrected chi connectivity index (χ2v) is 9.80. The van der Waals surface area contributed by atoms with Gasteiger partial charge in [-0.05, 0) is 65.6 Å². The van der Waals surface area contributed by atoms with Crippen LogP contribution in [0.5, 0.6) is 5.75 Å². The summed E-state index contributed by atoms with van der Waals surface area (Å²) in [6.07, 6.45) is 0.715. The lowest BCUT2D eigenvalue weighted by Gasteiger charge is -2.35. The Hall–Kier alpha value is -2.94. The number of likely N-dealkylation sites (N-methyl/N-ethyl adjacent to an activating group) is 1. The van der Waals surface area contributed by atoms with E-state index in [0.717, 1.165) is 78.4 Å².